The van der Waals surface area contributed by atoms with Crippen molar-refractivity contribution in [1.29, 1.82) is 0 Å². The highest BCUT2D eigenvalue weighted by Crippen LogP contribution is 2.19. The van der Waals surface area contributed by atoms with Crippen LogP contribution in [0.4, 0.5) is 5.82 Å². The second-order valence-corrected chi connectivity index (χ2v) is 3.42. The smallest absolute Gasteiger partial charge is 0.126 e. The predicted octanol–water partition coefficient (Wildman–Crippen LogP) is 1.38. The van der Waals surface area contributed by atoms with Crippen molar-refractivity contribution in [2.75, 3.05) is 12.4 Å². The van der Waals surface area contributed by atoms with E-state index in [0.717, 1.165) is 24.1 Å². The summed E-state index contributed by atoms with van der Waals surface area (Å²) in [6.45, 7) is 0.889. The normalized spacial score (nSPS) is 15.8. The maximum atomic E-state index is 4.42. The number of hydrogen-bond acceptors (Lipinski definition) is 3. The first-order valence-corrected chi connectivity index (χ1v) is 4.75. The number of nitrogens with one attached hydrogen (secondary N) is 2. The van der Waals surface area contributed by atoms with E-state index in [1.807, 2.05) is 19.2 Å². The van der Waals surface area contributed by atoms with E-state index in [9.17, 15) is 0 Å². The van der Waals surface area contributed by atoms with Crippen molar-refractivity contribution < 1.29 is 0 Å². The first-order chi connectivity index (χ1) is 6.38. The van der Waals surface area contributed by atoms with Crippen LogP contribution in [0.15, 0.2) is 18.2 Å². The third kappa shape index (κ3) is 2.42. The number of rotatable bonds is 4. The molecule has 1 aromatic heterocycles. The summed E-state index contributed by atoms with van der Waals surface area (Å²) in [5.74, 6) is 0.940. The minimum atomic E-state index is 0.750. The molecule has 1 heterocycles. The van der Waals surface area contributed by atoms with E-state index >= 15 is 0 Å². The van der Waals surface area contributed by atoms with Crippen LogP contribution in [-0.4, -0.2) is 18.1 Å². The zero-order valence-corrected chi connectivity index (χ0v) is 7.88. The first-order valence-electron chi connectivity index (χ1n) is 4.75. The van der Waals surface area contributed by atoms with Crippen molar-refractivity contribution in [2.24, 2.45) is 0 Å². The lowest BCUT2D eigenvalue weighted by molar-refractivity contribution is 0.675. The molecule has 1 aliphatic carbocycles. The summed E-state index contributed by atoms with van der Waals surface area (Å²) < 4.78 is 0. The Morgan fingerprint density at radius 1 is 1.46 bits per heavy atom. The van der Waals surface area contributed by atoms with Gasteiger partial charge in [0.15, 0.2) is 0 Å². The molecule has 13 heavy (non-hydrogen) atoms. The number of aromatic nitrogens is 1. The molecule has 1 aromatic rings. The topological polar surface area (TPSA) is 37.0 Å². The largest absolute Gasteiger partial charge is 0.373 e. The SMILES string of the molecule is CNc1cccc(CNC2CC2)n1. The van der Waals surface area contributed by atoms with Gasteiger partial charge in [0.2, 0.25) is 0 Å². The van der Waals surface area contributed by atoms with Crippen LogP contribution >= 0.6 is 0 Å². The highest BCUT2D eigenvalue weighted by molar-refractivity contribution is 5.34. The Morgan fingerprint density at radius 3 is 3.00 bits per heavy atom. The van der Waals surface area contributed by atoms with Crippen molar-refractivity contribution in [1.82, 2.24) is 10.3 Å². The zero-order chi connectivity index (χ0) is 9.10. The van der Waals surface area contributed by atoms with Gasteiger partial charge in [-0.3, -0.25) is 0 Å². The van der Waals surface area contributed by atoms with Crippen LogP contribution in [0.25, 0.3) is 0 Å². The Labute approximate surface area is 78.6 Å². The van der Waals surface area contributed by atoms with Crippen LogP contribution in [0.3, 0.4) is 0 Å². The molecule has 0 bridgehead atoms. The summed E-state index contributed by atoms with van der Waals surface area (Å²) in [6.07, 6.45) is 2.65. The molecule has 0 spiro atoms. The lowest BCUT2D eigenvalue weighted by Gasteiger charge is -2.04. The molecule has 2 N–H and O–H groups in total. The third-order valence-electron chi connectivity index (χ3n) is 2.21. The molecule has 0 amide bonds. The summed E-state index contributed by atoms with van der Waals surface area (Å²) >= 11 is 0. The van der Waals surface area contributed by atoms with Crippen molar-refractivity contribution in [3.8, 4) is 0 Å². The molecule has 3 heteroatoms. The molecule has 0 radical (unpaired) electrons. The molecule has 0 aliphatic heterocycles. The molecule has 70 valence electrons. The molecule has 1 aliphatic rings. The molecule has 0 unspecified atom stereocenters. The van der Waals surface area contributed by atoms with Crippen molar-refractivity contribution >= 4 is 5.82 Å². The van der Waals surface area contributed by atoms with Gasteiger partial charge in [-0.25, -0.2) is 4.98 Å². The predicted molar refractivity (Wildman–Crippen MR) is 53.6 cm³/mol. The van der Waals surface area contributed by atoms with Crippen LogP contribution in [0.1, 0.15) is 18.5 Å². The lowest BCUT2D eigenvalue weighted by Crippen LogP contribution is -2.16. The van der Waals surface area contributed by atoms with Gasteiger partial charge in [0.25, 0.3) is 0 Å². The van der Waals surface area contributed by atoms with Crippen LogP contribution < -0.4 is 10.6 Å². The van der Waals surface area contributed by atoms with Crippen molar-refractivity contribution in [3.05, 3.63) is 23.9 Å². The van der Waals surface area contributed by atoms with Crippen molar-refractivity contribution in [2.45, 2.75) is 25.4 Å². The standard InChI is InChI=1S/C10H15N3/c1-11-10-4-2-3-9(13-10)7-12-8-5-6-8/h2-4,8,12H,5-7H2,1H3,(H,11,13). The van der Waals surface area contributed by atoms with Gasteiger partial charge in [0.1, 0.15) is 5.82 Å². The van der Waals surface area contributed by atoms with E-state index in [0.29, 0.717) is 0 Å². The van der Waals surface area contributed by atoms with E-state index < -0.39 is 0 Å². The average molecular weight is 177 g/mol. The Hall–Kier alpha value is -1.09. The summed E-state index contributed by atoms with van der Waals surface area (Å²) in [5, 5.41) is 6.47. The minimum absolute atomic E-state index is 0.750. The minimum Gasteiger partial charge on any atom is -0.373 e. The van der Waals surface area contributed by atoms with Gasteiger partial charge in [-0.1, -0.05) is 6.07 Å². The van der Waals surface area contributed by atoms with Crippen LogP contribution in [0.2, 0.25) is 0 Å². The second-order valence-electron chi connectivity index (χ2n) is 3.42. The second kappa shape index (κ2) is 3.75. The van der Waals surface area contributed by atoms with Crippen LogP contribution in [-0.2, 0) is 6.54 Å². The van der Waals surface area contributed by atoms with Gasteiger partial charge in [-0.15, -0.1) is 0 Å². The quantitative estimate of drug-likeness (QED) is 0.729. The monoisotopic (exact) mass is 177 g/mol. The Kier molecular flexibility index (Phi) is 2.45. The van der Waals surface area contributed by atoms with Gasteiger partial charge >= 0.3 is 0 Å². The van der Waals surface area contributed by atoms with Gasteiger partial charge < -0.3 is 10.6 Å². The van der Waals surface area contributed by atoms with Crippen molar-refractivity contribution in [3.63, 3.8) is 0 Å². The Morgan fingerprint density at radius 2 is 2.31 bits per heavy atom. The average Bonchev–Trinajstić information content (AvgIpc) is 2.99. The fourth-order valence-corrected chi connectivity index (χ4v) is 1.25. The van der Waals surface area contributed by atoms with Gasteiger partial charge in [0.05, 0.1) is 5.69 Å². The zero-order valence-electron chi connectivity index (χ0n) is 7.88. The summed E-state index contributed by atoms with van der Waals surface area (Å²) in [4.78, 5) is 4.42. The number of anilines is 1. The van der Waals surface area contributed by atoms with E-state index in [2.05, 4.69) is 21.7 Å². The van der Waals surface area contributed by atoms with Gasteiger partial charge in [0, 0.05) is 19.6 Å². The van der Waals surface area contributed by atoms with E-state index in [1.54, 1.807) is 0 Å². The van der Waals surface area contributed by atoms with E-state index in [1.165, 1.54) is 12.8 Å². The fraction of sp³-hybridized carbons (Fsp3) is 0.500. The molecule has 0 atom stereocenters. The lowest BCUT2D eigenvalue weighted by atomic mass is 10.3. The van der Waals surface area contributed by atoms with Crippen LogP contribution in [0.5, 0.6) is 0 Å². The third-order valence-corrected chi connectivity index (χ3v) is 2.21. The van der Waals surface area contributed by atoms with E-state index in [-0.39, 0.29) is 0 Å². The maximum Gasteiger partial charge on any atom is 0.126 e. The molecule has 3 nitrogen and oxygen atoms in total. The summed E-state index contributed by atoms with van der Waals surface area (Å²) in [6, 6.07) is 6.81. The van der Waals surface area contributed by atoms with E-state index in [4.69, 9.17) is 0 Å². The fourth-order valence-electron chi connectivity index (χ4n) is 1.25. The first kappa shape index (κ1) is 8.51. The van der Waals surface area contributed by atoms with Gasteiger partial charge in [-0.2, -0.15) is 0 Å². The number of nitrogens with zero attached hydrogens (tertiary/aromatic N) is 1. The summed E-state index contributed by atoms with van der Waals surface area (Å²) in [7, 11) is 1.89. The molecule has 1 fully saturated rings. The summed E-state index contributed by atoms with van der Waals surface area (Å²) in [5.41, 5.74) is 1.11. The molecule has 0 aromatic carbocycles. The number of hydrogen-bond donors (Lipinski definition) is 2. The van der Waals surface area contributed by atoms with Gasteiger partial charge in [-0.05, 0) is 25.0 Å². The molecule has 2 rings (SSSR count). The number of pyridine rings is 1. The highest BCUT2D eigenvalue weighted by Gasteiger charge is 2.19. The molecule has 0 saturated heterocycles. The maximum absolute atomic E-state index is 4.42. The Bertz CT molecular complexity index is 281. The molecular weight excluding hydrogens is 162 g/mol. The molecule has 1 saturated carbocycles. The molecular formula is C10H15N3. The Balaban J connectivity index is 1.93. The highest BCUT2D eigenvalue weighted by atomic mass is 15.0. The van der Waals surface area contributed by atoms with Crippen LogP contribution in [0, 0.1) is 0 Å².